The first-order chi connectivity index (χ1) is 8.88. The van der Waals surface area contributed by atoms with Crippen LogP contribution in [-0.2, 0) is 6.54 Å². The molecule has 1 aromatic rings. The highest BCUT2D eigenvalue weighted by atomic mass is 19.1. The van der Waals surface area contributed by atoms with Crippen LogP contribution < -0.4 is 5.43 Å². The summed E-state index contributed by atoms with van der Waals surface area (Å²) in [5.74, 6) is -3.74. The molecule has 9 heteroatoms. The number of hydrogen-bond donors (Lipinski definition) is 3. The summed E-state index contributed by atoms with van der Waals surface area (Å²) in [6.07, 6.45) is -0.676. The average Bonchev–Trinajstić information content (AvgIpc) is 2.33. The summed E-state index contributed by atoms with van der Waals surface area (Å²) >= 11 is 0. The fourth-order valence-electron chi connectivity index (χ4n) is 1.85. The van der Waals surface area contributed by atoms with Crippen molar-refractivity contribution in [3.8, 4) is 5.75 Å². The van der Waals surface area contributed by atoms with E-state index in [0.717, 1.165) is 10.8 Å². The number of aromatic carboxylic acids is 1. The number of alkyl halides is 1. The minimum atomic E-state index is -1.58. The average molecular weight is 272 g/mol. The molecule has 102 valence electrons. The van der Waals surface area contributed by atoms with Gasteiger partial charge in [0.25, 0.3) is 5.91 Å². The summed E-state index contributed by atoms with van der Waals surface area (Å²) in [5.41, 5.74) is -2.52. The van der Waals surface area contributed by atoms with Gasteiger partial charge in [0, 0.05) is 6.20 Å². The summed E-state index contributed by atoms with van der Waals surface area (Å²) in [7, 11) is 0. The maximum Gasteiger partial charge on any atom is 0.341 e. The first kappa shape index (κ1) is 13.0. The molecule has 2 rings (SSSR count). The van der Waals surface area contributed by atoms with Gasteiger partial charge in [-0.1, -0.05) is 0 Å². The molecule has 3 N–H and O–H groups in total. The first-order valence-electron chi connectivity index (χ1n) is 5.13. The predicted octanol–water partition coefficient (Wildman–Crippen LogP) is -1.05. The van der Waals surface area contributed by atoms with Crippen LogP contribution in [0.5, 0.6) is 5.75 Å². The second-order valence-corrected chi connectivity index (χ2v) is 3.90. The van der Waals surface area contributed by atoms with Crippen LogP contribution in [0.3, 0.4) is 0 Å². The van der Waals surface area contributed by atoms with Crippen molar-refractivity contribution in [2.45, 2.75) is 12.8 Å². The number of fused-ring (bicyclic) bond motifs is 1. The Bertz CT molecular complexity index is 625. The number of carbonyl (C=O) groups is 2. The quantitative estimate of drug-likeness (QED) is 0.591. The van der Waals surface area contributed by atoms with Crippen LogP contribution in [0.2, 0.25) is 0 Å². The van der Waals surface area contributed by atoms with E-state index in [1.54, 1.807) is 0 Å². The minimum Gasteiger partial charge on any atom is -0.503 e. The predicted molar refractivity (Wildman–Crippen MR) is 57.5 cm³/mol. The van der Waals surface area contributed by atoms with Gasteiger partial charge in [-0.3, -0.25) is 14.5 Å². The minimum absolute atomic E-state index is 0.348. The Labute approximate surface area is 104 Å². The van der Waals surface area contributed by atoms with Gasteiger partial charge in [0.15, 0.2) is 18.2 Å². The lowest BCUT2D eigenvalue weighted by molar-refractivity contribution is -0.0289. The zero-order valence-electron chi connectivity index (χ0n) is 9.41. The number of pyridine rings is 1. The Balaban J connectivity index is 2.70. The van der Waals surface area contributed by atoms with Crippen LogP contribution in [0.1, 0.15) is 20.8 Å². The summed E-state index contributed by atoms with van der Waals surface area (Å²) in [5, 5.41) is 27.9. The maximum atomic E-state index is 12.6. The summed E-state index contributed by atoms with van der Waals surface area (Å²) in [6.45, 7) is -1.65. The molecule has 1 unspecified atom stereocenters. The first-order valence-corrected chi connectivity index (χ1v) is 5.13. The lowest BCUT2D eigenvalue weighted by Gasteiger charge is -2.32. The van der Waals surface area contributed by atoms with Crippen LogP contribution in [-0.4, -0.2) is 49.7 Å². The summed E-state index contributed by atoms with van der Waals surface area (Å²) in [6, 6.07) is 0. The van der Waals surface area contributed by atoms with Crippen LogP contribution in [0.4, 0.5) is 4.39 Å². The van der Waals surface area contributed by atoms with Crippen molar-refractivity contribution >= 4 is 11.9 Å². The lowest BCUT2D eigenvalue weighted by Crippen LogP contribution is -2.48. The van der Waals surface area contributed by atoms with Gasteiger partial charge >= 0.3 is 5.97 Å². The van der Waals surface area contributed by atoms with Crippen molar-refractivity contribution in [3.05, 3.63) is 27.7 Å². The topological polar surface area (TPSA) is 120 Å². The lowest BCUT2D eigenvalue weighted by atomic mass is 10.1. The van der Waals surface area contributed by atoms with Crippen molar-refractivity contribution in [3.63, 3.8) is 0 Å². The molecule has 0 bridgehead atoms. The smallest absolute Gasteiger partial charge is 0.341 e. The van der Waals surface area contributed by atoms with Crippen LogP contribution >= 0.6 is 0 Å². The van der Waals surface area contributed by atoms with Gasteiger partial charge in [-0.05, 0) is 0 Å². The third-order valence-corrected chi connectivity index (χ3v) is 2.80. The number of carboxylic acid groups (broad SMARTS) is 1. The van der Waals surface area contributed by atoms with E-state index in [1.807, 2.05) is 0 Å². The molecule has 1 amide bonds. The number of nitrogens with zero attached hydrogens (tertiary/aromatic N) is 2. The highest BCUT2D eigenvalue weighted by molar-refractivity contribution is 5.97. The number of carboxylic acids is 1. The molecule has 8 nitrogen and oxygen atoms in total. The van der Waals surface area contributed by atoms with E-state index >= 15 is 0 Å². The fourth-order valence-corrected chi connectivity index (χ4v) is 1.85. The molecule has 1 aromatic heterocycles. The highest BCUT2D eigenvalue weighted by Crippen LogP contribution is 2.22. The summed E-state index contributed by atoms with van der Waals surface area (Å²) < 4.78 is 13.5. The van der Waals surface area contributed by atoms with Gasteiger partial charge in [0.1, 0.15) is 11.8 Å². The molecule has 1 aliphatic heterocycles. The molecule has 0 aromatic carbocycles. The number of halogens is 1. The van der Waals surface area contributed by atoms with Gasteiger partial charge in [0.05, 0.1) is 6.54 Å². The van der Waals surface area contributed by atoms with Crippen molar-refractivity contribution in [1.29, 1.82) is 0 Å². The van der Waals surface area contributed by atoms with E-state index in [-0.39, 0.29) is 6.54 Å². The van der Waals surface area contributed by atoms with Gasteiger partial charge in [-0.15, -0.1) is 0 Å². The molecule has 2 heterocycles. The molecule has 0 saturated carbocycles. The fraction of sp³-hybridized carbons (Fsp3) is 0.300. The molecule has 0 radical (unpaired) electrons. The monoisotopic (exact) mass is 272 g/mol. The van der Waals surface area contributed by atoms with Crippen molar-refractivity contribution in [1.82, 2.24) is 9.47 Å². The molecular formula is C10H9FN2O6. The van der Waals surface area contributed by atoms with Crippen molar-refractivity contribution in [2.24, 2.45) is 0 Å². The van der Waals surface area contributed by atoms with Crippen molar-refractivity contribution in [2.75, 3.05) is 6.80 Å². The Kier molecular flexibility index (Phi) is 2.98. The Hall–Kier alpha value is -2.42. The molecular weight excluding hydrogens is 263 g/mol. The number of aromatic hydroxyl groups is 1. The molecule has 1 aliphatic rings. The Morgan fingerprint density at radius 2 is 2.11 bits per heavy atom. The van der Waals surface area contributed by atoms with Crippen LogP contribution in [0, 0.1) is 0 Å². The number of aliphatic hydroxyl groups excluding tert-OH is 1. The van der Waals surface area contributed by atoms with E-state index in [4.69, 9.17) is 5.11 Å². The zero-order chi connectivity index (χ0) is 14.3. The number of rotatable bonds is 2. The van der Waals surface area contributed by atoms with Gasteiger partial charge in [-0.2, -0.15) is 0 Å². The van der Waals surface area contributed by atoms with Crippen LogP contribution in [0.25, 0.3) is 0 Å². The van der Waals surface area contributed by atoms with E-state index in [9.17, 15) is 29.0 Å². The van der Waals surface area contributed by atoms with E-state index in [0.29, 0.717) is 4.90 Å². The van der Waals surface area contributed by atoms with E-state index in [1.165, 1.54) is 0 Å². The second kappa shape index (κ2) is 4.35. The van der Waals surface area contributed by atoms with Crippen molar-refractivity contribution < 1.29 is 29.3 Å². The van der Waals surface area contributed by atoms with Crippen LogP contribution in [0.15, 0.2) is 11.0 Å². The number of aromatic nitrogens is 1. The largest absolute Gasteiger partial charge is 0.503 e. The Morgan fingerprint density at radius 1 is 1.47 bits per heavy atom. The van der Waals surface area contributed by atoms with Gasteiger partial charge in [0.2, 0.25) is 5.43 Å². The maximum absolute atomic E-state index is 12.6. The molecule has 0 fully saturated rings. The van der Waals surface area contributed by atoms with Gasteiger partial charge < -0.3 is 19.9 Å². The number of amides is 1. The molecule has 1 atom stereocenters. The third-order valence-electron chi connectivity index (χ3n) is 2.80. The summed E-state index contributed by atoms with van der Waals surface area (Å²) in [4.78, 5) is 34.5. The molecule has 0 aliphatic carbocycles. The number of aliphatic hydroxyl groups is 1. The third kappa shape index (κ3) is 1.83. The highest BCUT2D eigenvalue weighted by Gasteiger charge is 2.35. The number of hydrogen-bond acceptors (Lipinski definition) is 5. The molecule has 0 spiro atoms. The number of carbonyl (C=O) groups excluding carboxylic acids is 1. The van der Waals surface area contributed by atoms with E-state index < -0.39 is 47.3 Å². The molecule has 19 heavy (non-hydrogen) atoms. The standard InChI is InChI=1S/C10H9FN2O6/c11-3-13-5(14)2-12-1-4(10(18)19)7(15)8(16)6(12)9(13)17/h1,5,14,16H,2-3H2,(H,18,19). The molecule has 0 saturated heterocycles. The zero-order valence-corrected chi connectivity index (χ0v) is 9.41. The second-order valence-electron chi connectivity index (χ2n) is 3.90. The van der Waals surface area contributed by atoms with E-state index in [2.05, 4.69) is 0 Å². The normalized spacial score (nSPS) is 18.3. The van der Waals surface area contributed by atoms with Gasteiger partial charge in [-0.25, -0.2) is 9.18 Å². The SMILES string of the molecule is O=C(O)c1cn2c(c(O)c1=O)C(=O)N(CF)C(O)C2. The Morgan fingerprint density at radius 3 is 2.63 bits per heavy atom.